The first-order chi connectivity index (χ1) is 11.4. The van der Waals surface area contributed by atoms with Gasteiger partial charge in [-0.2, -0.15) is 0 Å². The topological polar surface area (TPSA) is 106 Å². The zero-order valence-electron chi connectivity index (χ0n) is 13.5. The minimum atomic E-state index is -3.15. The number of hydrogen-bond donors (Lipinski definition) is 1. The first-order valence-corrected chi connectivity index (χ1v) is 9.42. The zero-order chi connectivity index (χ0) is 17.6. The number of sulfone groups is 1. The lowest BCUT2D eigenvalue weighted by atomic mass is 10.2. The molecule has 1 aromatic rings. The Bertz CT molecular complexity index is 678. The highest BCUT2D eigenvalue weighted by atomic mass is 32.2. The molecule has 1 atom stereocenters. The van der Waals surface area contributed by atoms with E-state index in [1.165, 1.54) is 12.0 Å². The molecule has 0 saturated carbocycles. The van der Waals surface area contributed by atoms with E-state index in [9.17, 15) is 18.0 Å². The highest BCUT2D eigenvalue weighted by Crippen LogP contribution is 2.18. The number of aromatic nitrogens is 1. The fourth-order valence-corrected chi connectivity index (χ4v) is 4.28. The van der Waals surface area contributed by atoms with Gasteiger partial charge in [-0.3, -0.25) is 14.6 Å². The summed E-state index contributed by atoms with van der Waals surface area (Å²) >= 11 is 0. The van der Waals surface area contributed by atoms with Gasteiger partial charge in [0.05, 0.1) is 18.1 Å². The first-order valence-electron chi connectivity index (χ1n) is 7.60. The lowest BCUT2D eigenvalue weighted by Gasteiger charge is -2.27. The van der Waals surface area contributed by atoms with Crippen molar-refractivity contribution in [2.75, 3.05) is 31.8 Å². The number of amides is 2. The van der Waals surface area contributed by atoms with Crippen LogP contribution in [0.4, 0.5) is 0 Å². The SMILES string of the molecule is COCCN(C(=O)C(=O)NCc1cccnc1)C1CCS(=O)(=O)C1. The number of methoxy groups -OCH3 is 1. The lowest BCUT2D eigenvalue weighted by Crippen LogP contribution is -2.49. The molecule has 1 N–H and O–H groups in total. The average Bonchev–Trinajstić information content (AvgIpc) is 2.93. The van der Waals surface area contributed by atoms with Gasteiger partial charge in [0.25, 0.3) is 0 Å². The molecule has 0 bridgehead atoms. The summed E-state index contributed by atoms with van der Waals surface area (Å²) in [7, 11) is -1.67. The summed E-state index contributed by atoms with van der Waals surface area (Å²) < 4.78 is 28.3. The number of ether oxygens (including phenoxy) is 1. The molecule has 0 aromatic carbocycles. The molecule has 1 aliphatic rings. The highest BCUT2D eigenvalue weighted by Gasteiger charge is 2.36. The Balaban J connectivity index is 1.99. The summed E-state index contributed by atoms with van der Waals surface area (Å²) in [6, 6.07) is 3.03. The maximum absolute atomic E-state index is 12.4. The predicted molar refractivity (Wildman–Crippen MR) is 86.7 cm³/mol. The van der Waals surface area contributed by atoms with E-state index < -0.39 is 27.7 Å². The predicted octanol–water partition coefficient (Wildman–Crippen LogP) is -0.640. The van der Waals surface area contributed by atoms with Crippen molar-refractivity contribution in [3.8, 4) is 0 Å². The standard InChI is InChI=1S/C15H21N3O5S/c1-23-7-6-18(13-4-8-24(21,22)11-13)15(20)14(19)17-10-12-3-2-5-16-9-12/h2-3,5,9,13H,4,6-8,10-11H2,1H3,(H,17,19). The maximum atomic E-state index is 12.4. The van der Waals surface area contributed by atoms with Crippen molar-refractivity contribution in [2.24, 2.45) is 0 Å². The third kappa shape index (κ3) is 5.00. The Hall–Kier alpha value is -2.00. The molecule has 1 unspecified atom stereocenters. The summed E-state index contributed by atoms with van der Waals surface area (Å²) in [6.07, 6.45) is 3.55. The second kappa shape index (κ2) is 8.20. The van der Waals surface area contributed by atoms with E-state index in [1.54, 1.807) is 24.5 Å². The number of hydrogen-bond acceptors (Lipinski definition) is 6. The number of carbonyl (C=O) groups is 2. The third-order valence-corrected chi connectivity index (χ3v) is 5.57. The van der Waals surface area contributed by atoms with Crippen LogP contribution in [-0.2, 0) is 30.7 Å². The Kier molecular flexibility index (Phi) is 6.27. The molecule has 24 heavy (non-hydrogen) atoms. The average molecular weight is 355 g/mol. The van der Waals surface area contributed by atoms with Crippen LogP contribution >= 0.6 is 0 Å². The van der Waals surface area contributed by atoms with E-state index in [0.717, 1.165) is 5.56 Å². The van der Waals surface area contributed by atoms with Crippen LogP contribution in [0, 0.1) is 0 Å². The number of nitrogens with zero attached hydrogens (tertiary/aromatic N) is 2. The minimum absolute atomic E-state index is 0.0335. The van der Waals surface area contributed by atoms with Gasteiger partial charge in [-0.15, -0.1) is 0 Å². The molecule has 132 valence electrons. The summed E-state index contributed by atoms with van der Waals surface area (Å²) in [6.45, 7) is 0.591. The smallest absolute Gasteiger partial charge is 0.312 e. The molecule has 1 aromatic heterocycles. The molecule has 1 saturated heterocycles. The molecular weight excluding hydrogens is 334 g/mol. The van der Waals surface area contributed by atoms with Crippen molar-refractivity contribution in [3.05, 3.63) is 30.1 Å². The summed E-state index contributed by atoms with van der Waals surface area (Å²) in [5, 5.41) is 2.54. The fraction of sp³-hybridized carbons (Fsp3) is 0.533. The van der Waals surface area contributed by atoms with Gasteiger partial charge in [0.2, 0.25) is 0 Å². The second-order valence-corrected chi connectivity index (χ2v) is 7.82. The molecule has 2 heterocycles. The number of carbonyl (C=O) groups excluding carboxylic acids is 2. The Morgan fingerprint density at radius 3 is 2.83 bits per heavy atom. The van der Waals surface area contributed by atoms with E-state index in [0.29, 0.717) is 6.42 Å². The van der Waals surface area contributed by atoms with E-state index >= 15 is 0 Å². The Morgan fingerprint density at radius 2 is 2.25 bits per heavy atom. The number of nitrogens with one attached hydrogen (secondary N) is 1. The molecular formula is C15H21N3O5S. The van der Waals surface area contributed by atoms with Gasteiger partial charge >= 0.3 is 11.8 Å². The minimum Gasteiger partial charge on any atom is -0.383 e. The van der Waals surface area contributed by atoms with Crippen molar-refractivity contribution in [2.45, 2.75) is 19.0 Å². The summed E-state index contributed by atoms with van der Waals surface area (Å²) in [4.78, 5) is 29.8. The molecule has 0 spiro atoms. The van der Waals surface area contributed by atoms with Gasteiger partial charge in [-0.1, -0.05) is 6.07 Å². The maximum Gasteiger partial charge on any atom is 0.312 e. The van der Waals surface area contributed by atoms with Crippen LogP contribution in [0.25, 0.3) is 0 Å². The van der Waals surface area contributed by atoms with Crippen LogP contribution in [0.5, 0.6) is 0 Å². The number of rotatable bonds is 6. The molecule has 0 aliphatic carbocycles. The van der Waals surface area contributed by atoms with E-state index in [1.807, 2.05) is 0 Å². The summed E-state index contributed by atoms with van der Waals surface area (Å²) in [5.74, 6) is -1.58. The van der Waals surface area contributed by atoms with Crippen LogP contribution in [0.2, 0.25) is 0 Å². The fourth-order valence-electron chi connectivity index (χ4n) is 2.55. The normalized spacial score (nSPS) is 19.0. The number of pyridine rings is 1. The Morgan fingerprint density at radius 1 is 1.46 bits per heavy atom. The van der Waals surface area contributed by atoms with E-state index in [4.69, 9.17) is 4.74 Å². The molecule has 1 aliphatic heterocycles. The van der Waals surface area contributed by atoms with Gasteiger partial charge < -0.3 is 15.0 Å². The van der Waals surface area contributed by atoms with Crippen LogP contribution in [0.3, 0.4) is 0 Å². The zero-order valence-corrected chi connectivity index (χ0v) is 14.3. The van der Waals surface area contributed by atoms with Gasteiger partial charge in [-0.25, -0.2) is 8.42 Å². The van der Waals surface area contributed by atoms with Gasteiger partial charge in [-0.05, 0) is 18.1 Å². The van der Waals surface area contributed by atoms with Crippen molar-refractivity contribution < 1.29 is 22.7 Å². The molecule has 0 radical (unpaired) electrons. The van der Waals surface area contributed by atoms with Gasteiger partial charge in [0.1, 0.15) is 0 Å². The molecule has 1 fully saturated rings. The molecule has 8 nitrogen and oxygen atoms in total. The van der Waals surface area contributed by atoms with Crippen molar-refractivity contribution in [1.82, 2.24) is 15.2 Å². The Labute approximate surface area is 141 Å². The molecule has 2 rings (SSSR count). The quantitative estimate of drug-likeness (QED) is 0.681. The lowest BCUT2D eigenvalue weighted by molar-refractivity contribution is -0.147. The summed E-state index contributed by atoms with van der Waals surface area (Å²) in [5.41, 5.74) is 0.769. The second-order valence-electron chi connectivity index (χ2n) is 5.59. The highest BCUT2D eigenvalue weighted by molar-refractivity contribution is 7.91. The van der Waals surface area contributed by atoms with Gasteiger partial charge in [0, 0.05) is 38.6 Å². The van der Waals surface area contributed by atoms with Crippen LogP contribution in [-0.4, -0.2) is 67.9 Å². The first kappa shape index (κ1) is 18.3. The van der Waals surface area contributed by atoms with E-state index in [-0.39, 0.29) is 31.2 Å². The monoisotopic (exact) mass is 355 g/mol. The van der Waals surface area contributed by atoms with Crippen LogP contribution in [0.15, 0.2) is 24.5 Å². The van der Waals surface area contributed by atoms with Crippen molar-refractivity contribution in [1.29, 1.82) is 0 Å². The van der Waals surface area contributed by atoms with Crippen molar-refractivity contribution >= 4 is 21.7 Å². The van der Waals surface area contributed by atoms with Crippen molar-refractivity contribution in [3.63, 3.8) is 0 Å². The largest absolute Gasteiger partial charge is 0.383 e. The van der Waals surface area contributed by atoms with E-state index in [2.05, 4.69) is 10.3 Å². The third-order valence-electron chi connectivity index (χ3n) is 3.82. The van der Waals surface area contributed by atoms with Gasteiger partial charge in [0.15, 0.2) is 9.84 Å². The van der Waals surface area contributed by atoms with Crippen LogP contribution in [0.1, 0.15) is 12.0 Å². The molecule has 2 amide bonds. The van der Waals surface area contributed by atoms with Crippen LogP contribution < -0.4 is 5.32 Å². The molecule has 9 heteroatoms.